The van der Waals surface area contributed by atoms with Gasteiger partial charge < -0.3 is 0 Å². The van der Waals surface area contributed by atoms with Crippen molar-refractivity contribution in [2.45, 2.75) is 10.2 Å². The van der Waals surface area contributed by atoms with Gasteiger partial charge in [-0.15, -0.1) is 0 Å². The molecule has 0 aliphatic rings. The minimum absolute atomic E-state index is 0.418. The largest absolute Gasteiger partial charge is 0.0912 e. The Bertz CT molecular complexity index is 230. The Morgan fingerprint density at radius 3 is 2.08 bits per heavy atom. The average molecular weight is 357 g/mol. The fourth-order valence-electron chi connectivity index (χ4n) is 0.905. The van der Waals surface area contributed by atoms with Gasteiger partial charge >= 0.3 is 0 Å². The molecule has 1 aromatic rings. The van der Waals surface area contributed by atoms with Crippen LogP contribution in [-0.2, 0) is 5.33 Å². The van der Waals surface area contributed by atoms with Crippen LogP contribution in [0.2, 0.25) is 0 Å². The monoisotopic (exact) mass is 354 g/mol. The number of alkyl halides is 3. The van der Waals surface area contributed by atoms with Crippen molar-refractivity contribution in [2.75, 3.05) is 5.33 Å². The maximum atomic E-state index is 3.57. The van der Waals surface area contributed by atoms with Crippen molar-refractivity contribution < 1.29 is 0 Å². The van der Waals surface area contributed by atoms with Crippen molar-refractivity contribution in [3.8, 4) is 0 Å². The van der Waals surface area contributed by atoms with Crippen LogP contribution in [-0.4, -0.2) is 5.33 Å². The van der Waals surface area contributed by atoms with Gasteiger partial charge in [-0.3, -0.25) is 0 Å². The summed E-state index contributed by atoms with van der Waals surface area (Å²) in [5.41, 5.74) is 2.63. The van der Waals surface area contributed by atoms with E-state index < -0.39 is 0 Å². The quantitative estimate of drug-likeness (QED) is 0.704. The Hall–Kier alpha value is 0.660. The summed E-state index contributed by atoms with van der Waals surface area (Å²) in [7, 11) is 0. The van der Waals surface area contributed by atoms with E-state index in [-0.39, 0.29) is 0 Å². The van der Waals surface area contributed by atoms with Crippen LogP contribution in [0, 0.1) is 0 Å². The SMILES string of the molecule is BrCc1ccc(C(Br)CBr)cc1. The van der Waals surface area contributed by atoms with E-state index in [1.807, 2.05) is 0 Å². The van der Waals surface area contributed by atoms with E-state index in [0.717, 1.165) is 10.7 Å². The third-order valence-corrected chi connectivity index (χ3v) is 4.65. The first-order valence-corrected chi connectivity index (χ1v) is 6.78. The second kappa shape index (κ2) is 5.40. The van der Waals surface area contributed by atoms with Crippen LogP contribution in [0.5, 0.6) is 0 Å². The summed E-state index contributed by atoms with van der Waals surface area (Å²) in [5.74, 6) is 0. The zero-order valence-corrected chi connectivity index (χ0v) is 11.2. The van der Waals surface area contributed by atoms with E-state index in [0.29, 0.717) is 4.83 Å². The predicted molar refractivity (Wildman–Crippen MR) is 64.5 cm³/mol. The molecule has 3 heteroatoms. The van der Waals surface area contributed by atoms with Crippen LogP contribution in [0.25, 0.3) is 0 Å². The third kappa shape index (κ3) is 2.86. The first-order chi connectivity index (χ1) is 5.77. The fourth-order valence-corrected chi connectivity index (χ4v) is 1.96. The molecule has 0 heterocycles. The van der Waals surface area contributed by atoms with E-state index in [1.54, 1.807) is 0 Å². The van der Waals surface area contributed by atoms with Crippen molar-refractivity contribution in [1.29, 1.82) is 0 Å². The van der Waals surface area contributed by atoms with E-state index in [9.17, 15) is 0 Å². The molecular weight excluding hydrogens is 348 g/mol. The molecule has 0 saturated carbocycles. The minimum Gasteiger partial charge on any atom is -0.0912 e. The van der Waals surface area contributed by atoms with Crippen molar-refractivity contribution >= 4 is 47.8 Å². The zero-order valence-electron chi connectivity index (χ0n) is 6.43. The molecule has 1 aromatic carbocycles. The molecule has 0 N–H and O–H groups in total. The van der Waals surface area contributed by atoms with E-state index in [2.05, 4.69) is 72.1 Å². The van der Waals surface area contributed by atoms with Crippen LogP contribution in [0.1, 0.15) is 16.0 Å². The van der Waals surface area contributed by atoms with E-state index in [4.69, 9.17) is 0 Å². The fraction of sp³-hybridized carbons (Fsp3) is 0.333. The van der Waals surface area contributed by atoms with Gasteiger partial charge in [-0.2, -0.15) is 0 Å². The average Bonchev–Trinajstić information content (AvgIpc) is 2.17. The van der Waals surface area contributed by atoms with Gasteiger partial charge in [-0.05, 0) is 11.1 Å². The number of hydrogen-bond acceptors (Lipinski definition) is 0. The number of hydrogen-bond donors (Lipinski definition) is 0. The number of benzene rings is 1. The van der Waals surface area contributed by atoms with E-state index in [1.165, 1.54) is 11.1 Å². The molecule has 0 aromatic heterocycles. The highest BCUT2D eigenvalue weighted by atomic mass is 79.9. The first kappa shape index (κ1) is 10.7. The molecule has 12 heavy (non-hydrogen) atoms. The van der Waals surface area contributed by atoms with Gasteiger partial charge in [0.25, 0.3) is 0 Å². The van der Waals surface area contributed by atoms with Gasteiger partial charge in [0, 0.05) is 15.5 Å². The Balaban J connectivity index is 2.77. The molecule has 0 aliphatic carbocycles. The van der Waals surface area contributed by atoms with Gasteiger partial charge in [0.1, 0.15) is 0 Å². The molecule has 0 aliphatic heterocycles. The van der Waals surface area contributed by atoms with Gasteiger partial charge in [-0.1, -0.05) is 72.1 Å². The van der Waals surface area contributed by atoms with Crippen molar-refractivity contribution in [3.05, 3.63) is 35.4 Å². The first-order valence-electron chi connectivity index (χ1n) is 3.62. The predicted octanol–water partition coefficient (Wildman–Crippen LogP) is 4.41. The molecule has 1 atom stereocenters. The number of rotatable bonds is 3. The molecular formula is C9H9Br3. The van der Waals surface area contributed by atoms with Gasteiger partial charge in [0.2, 0.25) is 0 Å². The molecule has 0 saturated heterocycles. The van der Waals surface area contributed by atoms with E-state index >= 15 is 0 Å². The Morgan fingerprint density at radius 1 is 1.08 bits per heavy atom. The smallest absolute Gasteiger partial charge is 0.0492 e. The molecule has 0 fully saturated rings. The lowest BCUT2D eigenvalue weighted by molar-refractivity contribution is 1.15. The van der Waals surface area contributed by atoms with Gasteiger partial charge in [0.05, 0.1) is 0 Å². The Labute approximate surface area is 98.1 Å². The molecule has 1 rings (SSSR count). The summed E-state index contributed by atoms with van der Waals surface area (Å²) in [6, 6.07) is 8.58. The molecule has 0 bridgehead atoms. The second-order valence-electron chi connectivity index (χ2n) is 2.50. The van der Waals surface area contributed by atoms with Crippen LogP contribution in [0.15, 0.2) is 24.3 Å². The lowest BCUT2D eigenvalue weighted by Crippen LogP contribution is -1.90. The summed E-state index contributed by atoms with van der Waals surface area (Å²) in [6.07, 6.45) is 0. The Morgan fingerprint density at radius 2 is 1.67 bits per heavy atom. The topological polar surface area (TPSA) is 0 Å². The molecule has 66 valence electrons. The summed E-state index contributed by atoms with van der Waals surface area (Å²) in [4.78, 5) is 0.418. The summed E-state index contributed by atoms with van der Waals surface area (Å²) in [5, 5.41) is 1.87. The highest BCUT2D eigenvalue weighted by molar-refractivity contribution is 9.12. The number of halogens is 3. The molecule has 0 spiro atoms. The van der Waals surface area contributed by atoms with Crippen LogP contribution >= 0.6 is 47.8 Å². The third-order valence-electron chi connectivity index (χ3n) is 1.63. The molecule has 0 nitrogen and oxygen atoms in total. The van der Waals surface area contributed by atoms with Crippen molar-refractivity contribution in [3.63, 3.8) is 0 Å². The van der Waals surface area contributed by atoms with Gasteiger partial charge in [-0.25, -0.2) is 0 Å². The van der Waals surface area contributed by atoms with Crippen molar-refractivity contribution in [2.24, 2.45) is 0 Å². The standard InChI is InChI=1S/C9H9Br3/c10-5-7-1-3-8(4-2-7)9(12)6-11/h1-4,9H,5-6H2. The van der Waals surface area contributed by atoms with Crippen LogP contribution in [0.3, 0.4) is 0 Å². The zero-order chi connectivity index (χ0) is 8.97. The summed E-state index contributed by atoms with van der Waals surface area (Å²) >= 11 is 10.4. The summed E-state index contributed by atoms with van der Waals surface area (Å²) < 4.78 is 0. The lowest BCUT2D eigenvalue weighted by Gasteiger charge is -2.06. The lowest BCUT2D eigenvalue weighted by atomic mass is 10.1. The second-order valence-corrected chi connectivity index (χ2v) is 4.81. The summed E-state index contributed by atoms with van der Waals surface area (Å²) in [6.45, 7) is 0. The maximum absolute atomic E-state index is 3.57. The normalized spacial score (nSPS) is 12.9. The molecule has 1 unspecified atom stereocenters. The van der Waals surface area contributed by atoms with Crippen molar-refractivity contribution in [1.82, 2.24) is 0 Å². The highest BCUT2D eigenvalue weighted by Gasteiger charge is 2.03. The maximum Gasteiger partial charge on any atom is 0.0492 e. The minimum atomic E-state index is 0.418. The molecule has 0 amide bonds. The highest BCUT2D eigenvalue weighted by Crippen LogP contribution is 2.24. The van der Waals surface area contributed by atoms with Crippen LogP contribution in [0.4, 0.5) is 0 Å². The molecule has 0 radical (unpaired) electrons. The van der Waals surface area contributed by atoms with Gasteiger partial charge in [0.15, 0.2) is 0 Å². The van der Waals surface area contributed by atoms with Crippen LogP contribution < -0.4 is 0 Å². The Kier molecular flexibility index (Phi) is 4.84.